The van der Waals surface area contributed by atoms with E-state index in [1.54, 1.807) is 6.92 Å². The van der Waals surface area contributed by atoms with Crippen molar-refractivity contribution in [2.75, 3.05) is 0 Å². The van der Waals surface area contributed by atoms with E-state index in [4.69, 9.17) is 15.9 Å². The minimum absolute atomic E-state index is 0. The third-order valence-electron chi connectivity index (χ3n) is 1.80. The number of nitro benzene ring substituents is 1. The number of nitrogens with zero attached hydrogens (tertiary/aromatic N) is 1. The van der Waals surface area contributed by atoms with Gasteiger partial charge in [-0.15, -0.1) is 0 Å². The van der Waals surface area contributed by atoms with Crippen LogP contribution in [0.2, 0.25) is 0 Å². The molecule has 0 fully saturated rings. The highest BCUT2D eigenvalue weighted by atomic mass is 16.6. The maximum absolute atomic E-state index is 10.4. The van der Waals surface area contributed by atoms with Crippen molar-refractivity contribution in [1.82, 2.24) is 0 Å². The van der Waals surface area contributed by atoms with Crippen molar-refractivity contribution in [3.63, 3.8) is 0 Å². The number of nitro groups is 1. The van der Waals surface area contributed by atoms with Crippen molar-refractivity contribution in [2.45, 2.75) is 14.4 Å². The fraction of sp³-hybridized carbons (Fsp3) is 0.182. The summed E-state index contributed by atoms with van der Waals surface area (Å²) < 4.78 is 5.25. The predicted molar refractivity (Wildman–Crippen MR) is 66.1 cm³/mol. The lowest BCUT2D eigenvalue weighted by molar-refractivity contribution is -0.384. The van der Waals surface area contributed by atoms with Crippen LogP contribution in [0.3, 0.4) is 0 Å². The van der Waals surface area contributed by atoms with Crippen LogP contribution in [0.25, 0.3) is 0 Å². The van der Waals surface area contributed by atoms with Gasteiger partial charge in [0.1, 0.15) is 5.75 Å². The molecule has 0 bridgehead atoms. The molecular weight excluding hydrogens is 222 g/mol. The summed E-state index contributed by atoms with van der Waals surface area (Å²) in [5.41, 5.74) is 5.82. The first-order chi connectivity index (χ1) is 7.54. The Labute approximate surface area is 99.4 Å². The Balaban J connectivity index is 0.00000256. The molecule has 92 valence electrons. The molecule has 0 atom stereocenters. The largest absolute Gasteiger partial charge is 0.454 e. The first kappa shape index (κ1) is 14.6. The predicted octanol–water partition coefficient (Wildman–Crippen LogP) is 2.45. The molecule has 1 aromatic rings. The maximum Gasteiger partial charge on any atom is 0.269 e. The summed E-state index contributed by atoms with van der Waals surface area (Å²) in [5, 5.41) is 17.5. The van der Waals surface area contributed by atoms with Gasteiger partial charge in [0.05, 0.1) is 11.1 Å². The fourth-order valence-electron chi connectivity index (χ4n) is 0.987. The Morgan fingerprint density at radius 3 is 2.35 bits per heavy atom. The van der Waals surface area contributed by atoms with E-state index in [1.807, 2.05) is 0 Å². The van der Waals surface area contributed by atoms with E-state index >= 15 is 0 Å². The van der Waals surface area contributed by atoms with E-state index in [-0.39, 0.29) is 18.9 Å². The summed E-state index contributed by atoms with van der Waals surface area (Å²) in [6.07, 6.45) is 0.983. The van der Waals surface area contributed by atoms with Crippen LogP contribution in [-0.2, 0) is 0 Å². The van der Waals surface area contributed by atoms with Gasteiger partial charge in [-0.05, 0) is 19.1 Å². The van der Waals surface area contributed by atoms with E-state index in [0.717, 1.165) is 6.21 Å². The highest BCUT2D eigenvalue weighted by molar-refractivity contribution is 5.74. The molecule has 0 saturated carbocycles. The Morgan fingerprint density at radius 1 is 1.47 bits per heavy atom. The molecule has 1 rings (SSSR count). The minimum Gasteiger partial charge on any atom is -0.454 e. The van der Waals surface area contributed by atoms with Crippen LogP contribution in [0.4, 0.5) is 5.69 Å². The normalized spacial score (nSPS) is 10.9. The maximum atomic E-state index is 10.4. The summed E-state index contributed by atoms with van der Waals surface area (Å²) in [7, 11) is 0. The molecule has 6 nitrogen and oxygen atoms in total. The number of non-ortho nitro benzene ring substituents is 1. The van der Waals surface area contributed by atoms with Crippen molar-refractivity contribution in [3.05, 3.63) is 45.8 Å². The van der Waals surface area contributed by atoms with Crippen molar-refractivity contribution < 1.29 is 9.66 Å². The fourth-order valence-corrected chi connectivity index (χ4v) is 0.987. The molecular formula is C11H15N3O3. The van der Waals surface area contributed by atoms with Crippen molar-refractivity contribution in [3.8, 4) is 5.75 Å². The van der Waals surface area contributed by atoms with Crippen LogP contribution in [0, 0.1) is 15.5 Å². The second-order valence-electron chi connectivity index (χ2n) is 3.04. The Bertz CT molecular complexity index is 434. The second-order valence-corrected chi connectivity index (χ2v) is 3.04. The summed E-state index contributed by atoms with van der Waals surface area (Å²) >= 11 is 0. The molecule has 0 aromatic heterocycles. The second kappa shape index (κ2) is 6.26. The van der Waals surface area contributed by atoms with Crippen LogP contribution < -0.4 is 10.5 Å². The van der Waals surface area contributed by atoms with Gasteiger partial charge >= 0.3 is 0 Å². The van der Waals surface area contributed by atoms with Gasteiger partial charge < -0.3 is 15.9 Å². The number of hydrogen-bond acceptors (Lipinski definition) is 5. The highest BCUT2D eigenvalue weighted by Gasteiger charge is 2.05. The SMILES string of the molecule is C.C/C(N)=C(/C=N)Oc1ccc([N+](=O)[O-])cc1. The van der Waals surface area contributed by atoms with Crippen LogP contribution in [-0.4, -0.2) is 11.1 Å². The Kier molecular flexibility index (Phi) is 5.39. The summed E-state index contributed by atoms with van der Waals surface area (Å²) in [6, 6.07) is 5.54. The smallest absolute Gasteiger partial charge is 0.269 e. The molecule has 0 radical (unpaired) electrons. The van der Waals surface area contributed by atoms with E-state index in [0.29, 0.717) is 11.4 Å². The van der Waals surface area contributed by atoms with Crippen LogP contribution in [0.15, 0.2) is 35.7 Å². The van der Waals surface area contributed by atoms with Crippen molar-refractivity contribution in [1.29, 1.82) is 5.41 Å². The highest BCUT2D eigenvalue weighted by Crippen LogP contribution is 2.19. The topological polar surface area (TPSA) is 102 Å². The van der Waals surface area contributed by atoms with Gasteiger partial charge in [0.25, 0.3) is 5.69 Å². The van der Waals surface area contributed by atoms with Gasteiger partial charge in [0.15, 0.2) is 5.76 Å². The molecule has 1 aromatic carbocycles. The number of ether oxygens (including phenoxy) is 1. The zero-order valence-electron chi connectivity index (χ0n) is 8.64. The Hall–Kier alpha value is -2.37. The molecule has 0 spiro atoms. The van der Waals surface area contributed by atoms with Gasteiger partial charge in [-0.3, -0.25) is 10.1 Å². The summed E-state index contributed by atoms with van der Waals surface area (Å²) in [4.78, 5) is 9.90. The molecule has 17 heavy (non-hydrogen) atoms. The number of rotatable bonds is 4. The molecule has 0 aliphatic rings. The summed E-state index contributed by atoms with van der Waals surface area (Å²) in [5.74, 6) is 0.614. The number of nitrogens with one attached hydrogen (secondary N) is 1. The monoisotopic (exact) mass is 237 g/mol. The molecule has 0 amide bonds. The van der Waals surface area contributed by atoms with E-state index in [2.05, 4.69) is 0 Å². The lowest BCUT2D eigenvalue weighted by Crippen LogP contribution is -2.05. The van der Waals surface area contributed by atoms with Gasteiger partial charge in [-0.2, -0.15) is 0 Å². The molecule has 0 heterocycles. The lowest BCUT2D eigenvalue weighted by atomic mass is 10.3. The minimum atomic E-state index is -0.495. The van der Waals surface area contributed by atoms with E-state index in [9.17, 15) is 10.1 Å². The van der Waals surface area contributed by atoms with E-state index < -0.39 is 4.92 Å². The molecule has 0 unspecified atom stereocenters. The third kappa shape index (κ3) is 3.94. The average molecular weight is 237 g/mol. The lowest BCUT2D eigenvalue weighted by Gasteiger charge is -2.06. The van der Waals surface area contributed by atoms with Crippen LogP contribution >= 0.6 is 0 Å². The third-order valence-corrected chi connectivity index (χ3v) is 1.80. The van der Waals surface area contributed by atoms with Gasteiger partial charge in [-0.1, -0.05) is 7.43 Å². The standard InChI is InChI=1S/C10H11N3O3.CH4/c1-7(12)10(6-11)16-9-4-2-8(3-5-9)13(14)15;/h2-6,11H,12H2,1H3;1H4/b10-7+,11-6?;. The molecule has 0 saturated heterocycles. The van der Waals surface area contributed by atoms with Crippen LogP contribution in [0.1, 0.15) is 14.4 Å². The quantitative estimate of drug-likeness (QED) is 0.363. The van der Waals surface area contributed by atoms with Gasteiger partial charge in [0.2, 0.25) is 0 Å². The van der Waals surface area contributed by atoms with E-state index in [1.165, 1.54) is 24.3 Å². The molecule has 0 aliphatic carbocycles. The number of hydrogen-bond donors (Lipinski definition) is 2. The van der Waals surface area contributed by atoms with Crippen molar-refractivity contribution in [2.24, 2.45) is 5.73 Å². The molecule has 3 N–H and O–H groups in total. The zero-order chi connectivity index (χ0) is 12.1. The Morgan fingerprint density at radius 2 is 2.00 bits per heavy atom. The van der Waals surface area contributed by atoms with Gasteiger partial charge in [0, 0.05) is 17.8 Å². The molecule has 6 heteroatoms. The molecule has 0 aliphatic heterocycles. The summed E-state index contributed by atoms with van der Waals surface area (Å²) in [6.45, 7) is 1.60. The first-order valence-electron chi connectivity index (χ1n) is 4.43. The number of benzene rings is 1. The van der Waals surface area contributed by atoms with Crippen LogP contribution in [0.5, 0.6) is 5.75 Å². The average Bonchev–Trinajstić information content (AvgIpc) is 2.26. The number of allylic oxidation sites excluding steroid dienone is 2. The zero-order valence-corrected chi connectivity index (χ0v) is 8.64. The van der Waals surface area contributed by atoms with Gasteiger partial charge in [-0.25, -0.2) is 0 Å². The van der Waals surface area contributed by atoms with Crippen molar-refractivity contribution >= 4 is 11.9 Å². The number of nitrogens with two attached hydrogens (primary N) is 1. The first-order valence-corrected chi connectivity index (χ1v) is 4.43.